The molecule has 0 saturated carbocycles. The number of hydrogen-bond donors (Lipinski definition) is 0. The second kappa shape index (κ2) is 19.1. The fourth-order valence-corrected chi connectivity index (χ4v) is 15.3. The largest absolute Gasteiger partial charge is 0.308 e. The third-order valence-electron chi connectivity index (χ3n) is 17.0. The van der Waals surface area contributed by atoms with Crippen molar-refractivity contribution in [1.82, 2.24) is 9.13 Å². The van der Waals surface area contributed by atoms with Crippen LogP contribution < -0.4 is 9.80 Å². The van der Waals surface area contributed by atoms with Crippen LogP contribution in [0.25, 0.3) is 106 Å². The van der Waals surface area contributed by atoms with E-state index in [-0.39, 0.29) is 0 Å². The standard InChI is InChI=1S/C76H56N4S2/c1-47(2)49-29-33-55(34-30-49)79-67-25-13-11-21-59(67)63-23-15-27-69(75(63)79)77(53-17-7-5-8-18-53)57-37-39-61-65-41-51-44-72-66(42-52(51)43-71(65)81-73(61)45-57)62-40-38-58(46-74(62)82-72)78(54-19-9-6-10-20-54)70-28-16-24-64-60-22-12-14-26-68(60)80(76(64)70)56-35-31-50(32-36-56)48(3)4/h5-48H,1-4H3. The summed E-state index contributed by atoms with van der Waals surface area (Å²) in [7, 11) is 0. The molecule has 0 amide bonds. The molecule has 4 heterocycles. The summed E-state index contributed by atoms with van der Waals surface area (Å²) in [4.78, 5) is 4.91. The quantitative estimate of drug-likeness (QED) is 0.136. The van der Waals surface area contributed by atoms with Gasteiger partial charge in [0, 0.05) is 96.0 Å². The van der Waals surface area contributed by atoms with Gasteiger partial charge >= 0.3 is 0 Å². The van der Waals surface area contributed by atoms with E-state index in [1.54, 1.807) is 0 Å². The lowest BCUT2D eigenvalue weighted by Gasteiger charge is -2.27. The van der Waals surface area contributed by atoms with Gasteiger partial charge in [-0.15, -0.1) is 22.7 Å². The predicted molar refractivity (Wildman–Crippen MR) is 356 cm³/mol. The zero-order valence-corrected chi connectivity index (χ0v) is 47.6. The lowest BCUT2D eigenvalue weighted by molar-refractivity contribution is 0.865. The Morgan fingerprint density at radius 3 is 1.09 bits per heavy atom. The highest BCUT2D eigenvalue weighted by Crippen LogP contribution is 2.49. The van der Waals surface area contributed by atoms with Crippen LogP contribution in [0, 0.1) is 0 Å². The second-order valence-corrected chi connectivity index (χ2v) is 24.7. The average molecular weight is 1090 g/mol. The molecular formula is C76H56N4S2. The summed E-state index contributed by atoms with van der Waals surface area (Å²) in [5.74, 6) is 0.913. The molecule has 16 aromatic rings. The first-order valence-electron chi connectivity index (χ1n) is 28.5. The first-order chi connectivity index (χ1) is 40.3. The van der Waals surface area contributed by atoms with Crippen LogP contribution in [0.15, 0.2) is 255 Å². The molecule has 0 fully saturated rings. The molecule has 0 aliphatic rings. The number of fused-ring (bicyclic) bond motifs is 13. The van der Waals surface area contributed by atoms with Crippen molar-refractivity contribution in [1.29, 1.82) is 0 Å². The van der Waals surface area contributed by atoms with E-state index in [1.807, 2.05) is 22.7 Å². The lowest BCUT2D eigenvalue weighted by atomic mass is 10.0. The Morgan fingerprint density at radius 2 is 0.671 bits per heavy atom. The van der Waals surface area contributed by atoms with Gasteiger partial charge in [-0.05, 0) is 155 Å². The van der Waals surface area contributed by atoms with E-state index < -0.39 is 0 Å². The number of hydrogen-bond acceptors (Lipinski definition) is 4. The highest BCUT2D eigenvalue weighted by Gasteiger charge is 2.25. The second-order valence-electron chi connectivity index (χ2n) is 22.5. The van der Waals surface area contributed by atoms with Crippen molar-refractivity contribution in [2.45, 2.75) is 39.5 Å². The Bertz CT molecular complexity index is 4830. The van der Waals surface area contributed by atoms with E-state index in [1.165, 1.54) is 106 Å². The fraction of sp³-hybridized carbons (Fsp3) is 0.0789. The molecule has 4 nitrogen and oxygen atoms in total. The van der Waals surface area contributed by atoms with Crippen molar-refractivity contribution in [3.05, 3.63) is 266 Å². The molecule has 0 aliphatic heterocycles. The molecule has 16 rings (SSSR count). The summed E-state index contributed by atoms with van der Waals surface area (Å²) >= 11 is 3.78. The van der Waals surface area contributed by atoms with Gasteiger partial charge in [-0.2, -0.15) is 0 Å². The fourth-order valence-electron chi connectivity index (χ4n) is 13.0. The van der Waals surface area contributed by atoms with Crippen LogP contribution in [0.4, 0.5) is 34.1 Å². The van der Waals surface area contributed by atoms with Crippen LogP contribution >= 0.6 is 22.7 Å². The molecule has 6 heteroatoms. The number of rotatable bonds is 10. The molecule has 0 bridgehead atoms. The van der Waals surface area contributed by atoms with Crippen molar-refractivity contribution < 1.29 is 0 Å². The van der Waals surface area contributed by atoms with Crippen LogP contribution in [0.1, 0.15) is 50.7 Å². The molecule has 0 spiro atoms. The highest BCUT2D eigenvalue weighted by molar-refractivity contribution is 7.26. The minimum Gasteiger partial charge on any atom is -0.308 e. The van der Waals surface area contributed by atoms with E-state index in [2.05, 4.69) is 301 Å². The maximum atomic E-state index is 2.46. The van der Waals surface area contributed by atoms with Crippen molar-refractivity contribution in [2.24, 2.45) is 0 Å². The monoisotopic (exact) mass is 1090 g/mol. The Hall–Kier alpha value is -9.46. The summed E-state index contributed by atoms with van der Waals surface area (Å²) in [5, 5.41) is 12.6. The smallest absolute Gasteiger partial charge is 0.0782 e. The summed E-state index contributed by atoms with van der Waals surface area (Å²) in [6, 6.07) is 95.2. The predicted octanol–water partition coefficient (Wildman–Crippen LogP) is 23.0. The van der Waals surface area contributed by atoms with Crippen molar-refractivity contribution in [3.8, 4) is 11.4 Å². The molecule has 0 N–H and O–H groups in total. The Balaban J connectivity index is 0.813. The lowest BCUT2D eigenvalue weighted by Crippen LogP contribution is -2.11. The van der Waals surface area contributed by atoms with Crippen molar-refractivity contribution in [3.63, 3.8) is 0 Å². The van der Waals surface area contributed by atoms with E-state index >= 15 is 0 Å². The number of anilines is 6. The number of nitrogens with zero attached hydrogens (tertiary/aromatic N) is 4. The number of aromatic nitrogens is 2. The Labute approximate surface area is 484 Å². The van der Waals surface area contributed by atoms with Crippen LogP contribution in [0.2, 0.25) is 0 Å². The van der Waals surface area contributed by atoms with E-state index in [0.717, 1.165) is 45.5 Å². The van der Waals surface area contributed by atoms with Crippen LogP contribution in [-0.4, -0.2) is 9.13 Å². The molecule has 392 valence electrons. The summed E-state index contributed by atoms with van der Waals surface area (Å²) in [6.07, 6.45) is 0. The molecule has 82 heavy (non-hydrogen) atoms. The summed E-state index contributed by atoms with van der Waals surface area (Å²) < 4.78 is 10.0. The van der Waals surface area contributed by atoms with Gasteiger partial charge in [0.2, 0.25) is 0 Å². The molecule has 0 unspecified atom stereocenters. The maximum Gasteiger partial charge on any atom is 0.0782 e. The zero-order chi connectivity index (χ0) is 54.7. The van der Waals surface area contributed by atoms with Crippen molar-refractivity contribution >= 4 is 152 Å². The van der Waals surface area contributed by atoms with E-state index in [4.69, 9.17) is 0 Å². The molecule has 4 aromatic heterocycles. The Kier molecular flexibility index (Phi) is 11.3. The van der Waals surface area contributed by atoms with Gasteiger partial charge in [0.1, 0.15) is 0 Å². The molecule has 0 aliphatic carbocycles. The van der Waals surface area contributed by atoms with Crippen LogP contribution in [-0.2, 0) is 0 Å². The maximum absolute atomic E-state index is 2.46. The molecular weight excluding hydrogens is 1030 g/mol. The molecule has 0 radical (unpaired) electrons. The third kappa shape index (κ3) is 7.70. The SMILES string of the molecule is CC(C)c1ccc(-n2c3ccccc3c3cccc(N(c4ccccc4)c4ccc5c(c4)sc4cc6cc7c(cc6cc45)sc4cc(N(c5ccccc5)c5cccc6c8ccccc8n(-c8ccc(C(C)C)cc8)c56)ccc47)c32)cc1. The molecule has 12 aromatic carbocycles. The van der Waals surface area contributed by atoms with E-state index in [0.29, 0.717) is 11.8 Å². The third-order valence-corrected chi connectivity index (χ3v) is 19.2. The van der Waals surface area contributed by atoms with Gasteiger partial charge in [0.05, 0.1) is 33.4 Å². The average Bonchev–Trinajstić information content (AvgIpc) is 4.35. The normalized spacial score (nSPS) is 12.1. The number of benzene rings is 12. The number of para-hydroxylation sites is 6. The van der Waals surface area contributed by atoms with Gasteiger partial charge in [-0.25, -0.2) is 0 Å². The van der Waals surface area contributed by atoms with Gasteiger partial charge in [0.25, 0.3) is 0 Å². The van der Waals surface area contributed by atoms with Gasteiger partial charge < -0.3 is 18.9 Å². The minimum absolute atomic E-state index is 0.456. The summed E-state index contributed by atoms with van der Waals surface area (Å²) in [6.45, 7) is 9.04. The van der Waals surface area contributed by atoms with Gasteiger partial charge in [-0.3, -0.25) is 0 Å². The number of thiophene rings is 2. The topological polar surface area (TPSA) is 16.3 Å². The van der Waals surface area contributed by atoms with Crippen LogP contribution in [0.3, 0.4) is 0 Å². The first-order valence-corrected chi connectivity index (χ1v) is 30.2. The first kappa shape index (κ1) is 48.4. The van der Waals surface area contributed by atoms with Gasteiger partial charge in [-0.1, -0.05) is 161 Å². The van der Waals surface area contributed by atoms with Crippen LogP contribution in [0.5, 0.6) is 0 Å². The zero-order valence-electron chi connectivity index (χ0n) is 46.0. The highest BCUT2D eigenvalue weighted by atomic mass is 32.1. The molecule has 0 atom stereocenters. The summed E-state index contributed by atoms with van der Waals surface area (Å²) in [5.41, 5.74) is 16.5. The van der Waals surface area contributed by atoms with E-state index in [9.17, 15) is 0 Å². The minimum atomic E-state index is 0.456. The van der Waals surface area contributed by atoms with Gasteiger partial charge in [0.15, 0.2) is 0 Å². The Morgan fingerprint density at radius 1 is 0.293 bits per heavy atom. The van der Waals surface area contributed by atoms with Crippen molar-refractivity contribution in [2.75, 3.05) is 9.80 Å². The molecule has 0 saturated heterocycles.